The van der Waals surface area contributed by atoms with E-state index in [1.165, 1.54) is 25.7 Å². The second kappa shape index (κ2) is 4.22. The Balaban J connectivity index is 1.78. The molecule has 1 N–H and O–H groups in total. The summed E-state index contributed by atoms with van der Waals surface area (Å²) in [7, 11) is 0. The van der Waals surface area contributed by atoms with Crippen molar-refractivity contribution in [1.82, 2.24) is 5.32 Å². The van der Waals surface area contributed by atoms with E-state index < -0.39 is 0 Å². The molecular formula is C12H18N2O. The first-order valence-electron chi connectivity index (χ1n) is 5.88. The molecule has 3 heteroatoms. The van der Waals surface area contributed by atoms with Crippen molar-refractivity contribution in [3.63, 3.8) is 0 Å². The first kappa shape index (κ1) is 10.5. The topological polar surface area (TPSA) is 52.9 Å². The quantitative estimate of drug-likeness (QED) is 0.766. The van der Waals surface area contributed by atoms with Crippen LogP contribution in [0.4, 0.5) is 0 Å². The summed E-state index contributed by atoms with van der Waals surface area (Å²) in [6.07, 6.45) is 5.89. The number of fused-ring (bicyclic) bond motifs is 2. The number of hydrogen-bond acceptors (Lipinski definition) is 2. The van der Waals surface area contributed by atoms with E-state index >= 15 is 0 Å². The highest BCUT2D eigenvalue weighted by molar-refractivity contribution is 5.76. The molecule has 0 heterocycles. The van der Waals surface area contributed by atoms with Crippen LogP contribution in [0.5, 0.6) is 0 Å². The minimum atomic E-state index is -0.351. The summed E-state index contributed by atoms with van der Waals surface area (Å²) in [5.41, 5.74) is 0. The Kier molecular flexibility index (Phi) is 2.95. The van der Waals surface area contributed by atoms with E-state index in [1.807, 2.05) is 6.07 Å². The average Bonchev–Trinajstić information content (AvgIpc) is 2.78. The second-order valence-electron chi connectivity index (χ2n) is 5.06. The molecule has 0 spiro atoms. The largest absolute Gasteiger partial charge is 0.341 e. The molecule has 2 bridgehead atoms. The Hall–Kier alpha value is -1.04. The van der Waals surface area contributed by atoms with Crippen molar-refractivity contribution in [2.45, 2.75) is 45.1 Å². The molecule has 2 aliphatic carbocycles. The standard InChI is InChI=1S/C12H18N2O/c1-8(7-13)14-12(15)6-11-5-9-2-3-10(11)4-9/h8-11H,2-6H2,1H3,(H,14,15). The maximum Gasteiger partial charge on any atom is 0.221 e. The van der Waals surface area contributed by atoms with Crippen molar-refractivity contribution in [2.75, 3.05) is 0 Å². The number of amides is 1. The number of nitrogens with zero attached hydrogens (tertiary/aromatic N) is 1. The molecule has 4 atom stereocenters. The third kappa shape index (κ3) is 2.31. The Morgan fingerprint density at radius 3 is 2.87 bits per heavy atom. The number of carbonyl (C=O) groups is 1. The minimum absolute atomic E-state index is 0.0570. The first-order chi connectivity index (χ1) is 7.19. The maximum absolute atomic E-state index is 11.6. The molecule has 0 aromatic carbocycles. The molecule has 15 heavy (non-hydrogen) atoms. The van der Waals surface area contributed by atoms with Gasteiger partial charge in [-0.05, 0) is 43.9 Å². The zero-order chi connectivity index (χ0) is 10.8. The summed E-state index contributed by atoms with van der Waals surface area (Å²) in [5, 5.41) is 11.3. The molecule has 0 radical (unpaired) electrons. The van der Waals surface area contributed by atoms with Gasteiger partial charge in [-0.25, -0.2) is 0 Å². The van der Waals surface area contributed by atoms with Crippen molar-refractivity contribution >= 4 is 5.91 Å². The van der Waals surface area contributed by atoms with E-state index in [9.17, 15) is 4.79 Å². The zero-order valence-electron chi connectivity index (χ0n) is 9.20. The van der Waals surface area contributed by atoms with Crippen LogP contribution in [0.3, 0.4) is 0 Å². The van der Waals surface area contributed by atoms with E-state index in [4.69, 9.17) is 5.26 Å². The molecule has 82 valence electrons. The van der Waals surface area contributed by atoms with Crippen molar-refractivity contribution in [3.8, 4) is 6.07 Å². The maximum atomic E-state index is 11.6. The summed E-state index contributed by atoms with van der Waals surface area (Å²) >= 11 is 0. The third-order valence-corrected chi connectivity index (χ3v) is 3.90. The van der Waals surface area contributed by atoms with Gasteiger partial charge in [0.2, 0.25) is 5.91 Å². The lowest BCUT2D eigenvalue weighted by Crippen LogP contribution is -2.33. The number of rotatable bonds is 3. The van der Waals surface area contributed by atoms with Gasteiger partial charge in [-0.15, -0.1) is 0 Å². The summed E-state index contributed by atoms with van der Waals surface area (Å²) in [6, 6.07) is 1.67. The highest BCUT2D eigenvalue weighted by Crippen LogP contribution is 2.49. The Bertz CT molecular complexity index is 294. The van der Waals surface area contributed by atoms with Crippen LogP contribution in [-0.4, -0.2) is 11.9 Å². The van der Waals surface area contributed by atoms with Crippen LogP contribution in [0.1, 0.15) is 39.0 Å². The van der Waals surface area contributed by atoms with Gasteiger partial charge in [-0.1, -0.05) is 6.42 Å². The van der Waals surface area contributed by atoms with E-state index in [-0.39, 0.29) is 11.9 Å². The van der Waals surface area contributed by atoms with Gasteiger partial charge in [0, 0.05) is 6.42 Å². The number of nitrogens with one attached hydrogen (secondary N) is 1. The third-order valence-electron chi connectivity index (χ3n) is 3.90. The highest BCUT2D eigenvalue weighted by atomic mass is 16.1. The van der Waals surface area contributed by atoms with E-state index in [1.54, 1.807) is 6.92 Å². The van der Waals surface area contributed by atoms with Gasteiger partial charge in [0.05, 0.1) is 6.07 Å². The molecule has 2 aliphatic rings. The highest BCUT2D eigenvalue weighted by Gasteiger charge is 2.40. The SMILES string of the molecule is CC(C#N)NC(=O)CC1CC2CCC1C2. The van der Waals surface area contributed by atoms with Crippen molar-refractivity contribution in [2.24, 2.45) is 17.8 Å². The van der Waals surface area contributed by atoms with E-state index in [2.05, 4.69) is 5.32 Å². The Labute approximate surface area is 90.8 Å². The fourth-order valence-corrected chi connectivity index (χ4v) is 3.20. The predicted octanol–water partition coefficient (Wildman–Crippen LogP) is 1.84. The molecule has 2 rings (SSSR count). The van der Waals surface area contributed by atoms with Crippen LogP contribution in [0.25, 0.3) is 0 Å². The smallest absolute Gasteiger partial charge is 0.221 e. The lowest BCUT2D eigenvalue weighted by Gasteiger charge is -2.21. The van der Waals surface area contributed by atoms with Gasteiger partial charge in [-0.2, -0.15) is 5.26 Å². The van der Waals surface area contributed by atoms with Crippen molar-refractivity contribution in [3.05, 3.63) is 0 Å². The van der Waals surface area contributed by atoms with Gasteiger partial charge in [0.15, 0.2) is 0 Å². The van der Waals surface area contributed by atoms with Crippen molar-refractivity contribution in [1.29, 1.82) is 5.26 Å². The zero-order valence-corrected chi connectivity index (χ0v) is 9.20. The van der Waals surface area contributed by atoms with Crippen LogP contribution >= 0.6 is 0 Å². The number of hydrogen-bond donors (Lipinski definition) is 1. The molecule has 4 unspecified atom stereocenters. The van der Waals surface area contributed by atoms with E-state index in [0.29, 0.717) is 12.3 Å². The molecule has 2 fully saturated rings. The Morgan fingerprint density at radius 1 is 1.53 bits per heavy atom. The molecule has 0 aliphatic heterocycles. The van der Waals surface area contributed by atoms with Crippen LogP contribution in [0.15, 0.2) is 0 Å². The van der Waals surface area contributed by atoms with Gasteiger partial charge >= 0.3 is 0 Å². The normalized spacial score (nSPS) is 34.8. The molecule has 0 saturated heterocycles. The molecule has 0 aromatic heterocycles. The molecule has 2 saturated carbocycles. The van der Waals surface area contributed by atoms with Crippen LogP contribution in [0.2, 0.25) is 0 Å². The van der Waals surface area contributed by atoms with Gasteiger partial charge in [0.1, 0.15) is 6.04 Å². The monoisotopic (exact) mass is 206 g/mol. The lowest BCUT2D eigenvalue weighted by atomic mass is 9.86. The van der Waals surface area contributed by atoms with Gasteiger partial charge in [0.25, 0.3) is 0 Å². The second-order valence-corrected chi connectivity index (χ2v) is 5.06. The average molecular weight is 206 g/mol. The molecule has 3 nitrogen and oxygen atoms in total. The fourth-order valence-electron chi connectivity index (χ4n) is 3.20. The fraction of sp³-hybridized carbons (Fsp3) is 0.833. The van der Waals surface area contributed by atoms with Gasteiger partial charge in [-0.3, -0.25) is 4.79 Å². The van der Waals surface area contributed by atoms with Crippen LogP contribution in [-0.2, 0) is 4.79 Å². The van der Waals surface area contributed by atoms with E-state index in [0.717, 1.165) is 11.8 Å². The number of carbonyl (C=O) groups excluding carboxylic acids is 1. The molecule has 0 aromatic rings. The van der Waals surface area contributed by atoms with Gasteiger partial charge < -0.3 is 5.32 Å². The lowest BCUT2D eigenvalue weighted by molar-refractivity contribution is -0.122. The van der Waals surface area contributed by atoms with Crippen LogP contribution in [0, 0.1) is 29.1 Å². The predicted molar refractivity (Wildman–Crippen MR) is 56.8 cm³/mol. The first-order valence-corrected chi connectivity index (χ1v) is 5.88. The summed E-state index contributed by atoms with van der Waals surface area (Å²) < 4.78 is 0. The summed E-state index contributed by atoms with van der Waals surface area (Å²) in [5.74, 6) is 2.33. The Morgan fingerprint density at radius 2 is 2.33 bits per heavy atom. The molecule has 1 amide bonds. The number of nitriles is 1. The summed E-state index contributed by atoms with van der Waals surface area (Å²) in [6.45, 7) is 1.72. The molecular weight excluding hydrogens is 188 g/mol. The minimum Gasteiger partial charge on any atom is -0.341 e. The summed E-state index contributed by atoms with van der Waals surface area (Å²) in [4.78, 5) is 11.6. The van der Waals surface area contributed by atoms with Crippen molar-refractivity contribution < 1.29 is 4.79 Å². The van der Waals surface area contributed by atoms with Crippen LogP contribution < -0.4 is 5.32 Å².